The molecule has 136 valence electrons. The van der Waals surface area contributed by atoms with Gasteiger partial charge in [-0.1, -0.05) is 20.8 Å². The van der Waals surface area contributed by atoms with E-state index in [0.717, 1.165) is 5.01 Å². The predicted octanol–water partition coefficient (Wildman–Crippen LogP) is 3.73. The monoisotopic (exact) mass is 364 g/mol. The summed E-state index contributed by atoms with van der Waals surface area (Å²) in [7, 11) is 3.18. The van der Waals surface area contributed by atoms with Crippen molar-refractivity contribution in [1.82, 2.24) is 4.98 Å². The van der Waals surface area contributed by atoms with Crippen molar-refractivity contribution in [3.05, 3.63) is 34.3 Å². The van der Waals surface area contributed by atoms with E-state index in [0.29, 0.717) is 35.3 Å². The van der Waals surface area contributed by atoms with Gasteiger partial charge in [0.15, 0.2) is 11.5 Å². The molecule has 1 N–H and O–H groups in total. The highest BCUT2D eigenvalue weighted by atomic mass is 32.1. The molecule has 1 aromatic carbocycles. The number of thiazole rings is 1. The number of hydrogen-bond donors (Lipinski definition) is 1. The van der Waals surface area contributed by atoms with E-state index in [2.05, 4.69) is 31.1 Å². The molecule has 0 fully saturated rings. The molecule has 7 heteroatoms. The molecule has 0 atom stereocenters. The lowest BCUT2D eigenvalue weighted by Gasteiger charge is -2.13. The van der Waals surface area contributed by atoms with E-state index in [1.54, 1.807) is 38.6 Å². The van der Waals surface area contributed by atoms with Crippen molar-refractivity contribution in [2.24, 2.45) is 0 Å². The maximum absolute atomic E-state index is 12.4. The zero-order valence-corrected chi connectivity index (χ0v) is 16.0. The van der Waals surface area contributed by atoms with Gasteiger partial charge in [0.1, 0.15) is 11.5 Å². The maximum atomic E-state index is 12.4. The van der Waals surface area contributed by atoms with Crippen LogP contribution in [0.1, 0.15) is 35.5 Å². The first-order valence-corrected chi connectivity index (χ1v) is 8.74. The molecule has 0 saturated heterocycles. The molecule has 0 bridgehead atoms. The Morgan fingerprint density at radius 1 is 1.20 bits per heavy atom. The molecular weight excluding hydrogens is 340 g/mol. The molecule has 0 aliphatic heterocycles. The van der Waals surface area contributed by atoms with Crippen molar-refractivity contribution in [2.45, 2.75) is 26.2 Å². The van der Waals surface area contributed by atoms with Gasteiger partial charge in [0, 0.05) is 24.3 Å². The number of nitrogens with one attached hydrogen (secondary N) is 1. The quantitative estimate of drug-likeness (QED) is 0.758. The SMILES string of the molecule is COCCOc1cc(NC(=O)c2cnc(C(C)(C)C)s2)ccc1OC. The molecular formula is C18H24N2O4S. The average Bonchev–Trinajstić information content (AvgIpc) is 3.06. The van der Waals surface area contributed by atoms with Gasteiger partial charge in [-0.3, -0.25) is 4.79 Å². The van der Waals surface area contributed by atoms with Gasteiger partial charge in [0.25, 0.3) is 5.91 Å². The Balaban J connectivity index is 2.12. The van der Waals surface area contributed by atoms with Gasteiger partial charge in [-0.15, -0.1) is 11.3 Å². The standard InChI is InChI=1S/C18H24N2O4S/c1-18(2,3)17-19-11-15(25-17)16(21)20-12-6-7-13(23-5)14(10-12)24-9-8-22-4/h6-7,10-11H,8-9H2,1-5H3,(H,20,21). The topological polar surface area (TPSA) is 69.7 Å². The molecule has 0 aliphatic carbocycles. The molecule has 1 amide bonds. The number of benzene rings is 1. The summed E-state index contributed by atoms with van der Waals surface area (Å²) in [6, 6.07) is 5.26. The highest BCUT2D eigenvalue weighted by molar-refractivity contribution is 7.13. The number of ether oxygens (including phenoxy) is 3. The third-order valence-electron chi connectivity index (χ3n) is 3.34. The Morgan fingerprint density at radius 2 is 1.96 bits per heavy atom. The largest absolute Gasteiger partial charge is 0.493 e. The third-order valence-corrected chi connectivity index (χ3v) is 4.76. The summed E-state index contributed by atoms with van der Waals surface area (Å²) >= 11 is 1.40. The summed E-state index contributed by atoms with van der Waals surface area (Å²) in [5, 5.41) is 3.80. The Labute approximate surface area is 152 Å². The first-order valence-electron chi connectivity index (χ1n) is 7.92. The fraction of sp³-hybridized carbons (Fsp3) is 0.444. The fourth-order valence-corrected chi connectivity index (χ4v) is 2.89. The Morgan fingerprint density at radius 3 is 2.56 bits per heavy atom. The van der Waals surface area contributed by atoms with Crippen LogP contribution in [0, 0.1) is 0 Å². The molecule has 0 aliphatic rings. The van der Waals surface area contributed by atoms with Crippen molar-refractivity contribution in [3.8, 4) is 11.5 Å². The van der Waals surface area contributed by atoms with E-state index in [9.17, 15) is 4.79 Å². The van der Waals surface area contributed by atoms with Crippen molar-refractivity contribution in [2.75, 3.05) is 32.8 Å². The number of rotatable bonds is 7. The number of amides is 1. The highest BCUT2D eigenvalue weighted by Gasteiger charge is 2.20. The minimum Gasteiger partial charge on any atom is -0.493 e. The number of aromatic nitrogens is 1. The number of nitrogens with zero attached hydrogens (tertiary/aromatic N) is 1. The summed E-state index contributed by atoms with van der Waals surface area (Å²) in [5.74, 6) is 0.958. The van der Waals surface area contributed by atoms with Crippen LogP contribution in [-0.2, 0) is 10.2 Å². The van der Waals surface area contributed by atoms with Crippen LogP contribution in [0.5, 0.6) is 11.5 Å². The zero-order valence-electron chi connectivity index (χ0n) is 15.2. The Bertz CT molecular complexity index is 722. The number of methoxy groups -OCH3 is 2. The zero-order chi connectivity index (χ0) is 18.4. The maximum Gasteiger partial charge on any atom is 0.267 e. The van der Waals surface area contributed by atoms with Crippen LogP contribution in [0.25, 0.3) is 0 Å². The molecule has 2 aromatic rings. The van der Waals surface area contributed by atoms with E-state index in [-0.39, 0.29) is 11.3 Å². The van der Waals surface area contributed by atoms with Crippen LogP contribution in [-0.4, -0.2) is 38.3 Å². The van der Waals surface area contributed by atoms with E-state index in [4.69, 9.17) is 14.2 Å². The number of anilines is 1. The van der Waals surface area contributed by atoms with Gasteiger partial charge in [-0.05, 0) is 12.1 Å². The summed E-state index contributed by atoms with van der Waals surface area (Å²) in [6.45, 7) is 7.08. The lowest BCUT2D eigenvalue weighted by atomic mass is 9.98. The first-order chi connectivity index (χ1) is 11.8. The van der Waals surface area contributed by atoms with Crippen LogP contribution < -0.4 is 14.8 Å². The number of hydrogen-bond acceptors (Lipinski definition) is 6. The van der Waals surface area contributed by atoms with Crippen molar-refractivity contribution >= 4 is 22.9 Å². The number of carbonyl (C=O) groups excluding carboxylic acids is 1. The van der Waals surface area contributed by atoms with E-state index in [1.165, 1.54) is 11.3 Å². The van der Waals surface area contributed by atoms with Crippen molar-refractivity contribution in [1.29, 1.82) is 0 Å². The van der Waals surface area contributed by atoms with Crippen molar-refractivity contribution in [3.63, 3.8) is 0 Å². The normalized spacial score (nSPS) is 11.2. The smallest absolute Gasteiger partial charge is 0.267 e. The van der Waals surface area contributed by atoms with Crippen LogP contribution in [0.15, 0.2) is 24.4 Å². The van der Waals surface area contributed by atoms with Crippen LogP contribution in [0.3, 0.4) is 0 Å². The second-order valence-electron chi connectivity index (χ2n) is 6.44. The van der Waals surface area contributed by atoms with Gasteiger partial charge >= 0.3 is 0 Å². The van der Waals surface area contributed by atoms with Crippen LogP contribution in [0.4, 0.5) is 5.69 Å². The molecule has 0 radical (unpaired) electrons. The molecule has 1 heterocycles. The second kappa shape index (κ2) is 8.31. The fourth-order valence-electron chi connectivity index (χ4n) is 2.02. The third kappa shape index (κ3) is 5.17. The number of carbonyl (C=O) groups is 1. The summed E-state index contributed by atoms with van der Waals surface area (Å²) in [6.07, 6.45) is 1.61. The summed E-state index contributed by atoms with van der Waals surface area (Å²) < 4.78 is 15.9. The molecule has 0 spiro atoms. The van der Waals surface area contributed by atoms with E-state index < -0.39 is 0 Å². The molecule has 2 rings (SSSR count). The average molecular weight is 364 g/mol. The Hall–Kier alpha value is -2.12. The minimum atomic E-state index is -0.194. The van der Waals surface area contributed by atoms with E-state index in [1.807, 2.05) is 0 Å². The molecule has 6 nitrogen and oxygen atoms in total. The summed E-state index contributed by atoms with van der Waals surface area (Å²) in [4.78, 5) is 17.4. The van der Waals surface area contributed by atoms with Crippen molar-refractivity contribution < 1.29 is 19.0 Å². The molecule has 1 aromatic heterocycles. The van der Waals surface area contributed by atoms with Crippen LogP contribution in [0.2, 0.25) is 0 Å². The molecule has 0 saturated carbocycles. The summed E-state index contributed by atoms with van der Waals surface area (Å²) in [5.41, 5.74) is 0.551. The lowest BCUT2D eigenvalue weighted by molar-refractivity contribution is 0.103. The lowest BCUT2D eigenvalue weighted by Crippen LogP contribution is -2.11. The Kier molecular flexibility index (Phi) is 6.39. The molecule has 0 unspecified atom stereocenters. The van der Waals surface area contributed by atoms with Gasteiger partial charge in [0.2, 0.25) is 0 Å². The van der Waals surface area contributed by atoms with Gasteiger partial charge in [0.05, 0.1) is 24.9 Å². The highest BCUT2D eigenvalue weighted by Crippen LogP contribution is 2.31. The predicted molar refractivity (Wildman–Crippen MR) is 99.1 cm³/mol. The molecule has 25 heavy (non-hydrogen) atoms. The van der Waals surface area contributed by atoms with Gasteiger partial charge in [-0.25, -0.2) is 4.98 Å². The minimum absolute atomic E-state index is 0.0777. The first kappa shape index (κ1) is 19.2. The van der Waals surface area contributed by atoms with E-state index >= 15 is 0 Å². The van der Waals surface area contributed by atoms with Gasteiger partial charge in [-0.2, -0.15) is 0 Å². The van der Waals surface area contributed by atoms with Gasteiger partial charge < -0.3 is 19.5 Å². The van der Waals surface area contributed by atoms with Crippen LogP contribution >= 0.6 is 11.3 Å². The second-order valence-corrected chi connectivity index (χ2v) is 7.47.